The van der Waals surface area contributed by atoms with Crippen molar-refractivity contribution in [3.8, 4) is 0 Å². The fourth-order valence-corrected chi connectivity index (χ4v) is 4.28. The molecule has 2 aliphatic heterocycles. The lowest BCUT2D eigenvalue weighted by Crippen LogP contribution is -2.47. The molecule has 0 spiro atoms. The molecule has 0 radical (unpaired) electrons. The Hall–Kier alpha value is -2.41. The van der Waals surface area contributed by atoms with Gasteiger partial charge in [-0.2, -0.15) is 0 Å². The summed E-state index contributed by atoms with van der Waals surface area (Å²) in [5, 5.41) is 9.77. The summed E-state index contributed by atoms with van der Waals surface area (Å²) in [6, 6.07) is 9.14. The van der Waals surface area contributed by atoms with Crippen molar-refractivity contribution < 1.29 is 9.50 Å². The van der Waals surface area contributed by atoms with Crippen LogP contribution in [-0.2, 0) is 5.41 Å². The zero-order valence-electron chi connectivity index (χ0n) is 18.2. The second-order valence-corrected chi connectivity index (χ2v) is 9.26. The largest absolute Gasteiger partial charge is 0.394 e. The number of hydrogen-bond donors (Lipinski definition) is 1. The monoisotopic (exact) mass is 413 g/mol. The van der Waals surface area contributed by atoms with Crippen LogP contribution in [0.15, 0.2) is 30.3 Å². The van der Waals surface area contributed by atoms with E-state index in [1.54, 1.807) is 6.07 Å². The Bertz CT molecular complexity index is 876. The van der Waals surface area contributed by atoms with E-state index in [9.17, 15) is 9.50 Å². The van der Waals surface area contributed by atoms with Crippen LogP contribution >= 0.6 is 0 Å². The van der Waals surface area contributed by atoms with Crippen molar-refractivity contribution in [3.63, 3.8) is 0 Å². The quantitative estimate of drug-likeness (QED) is 0.831. The SMILES string of the molecule is CC(C)(C)c1nc(N2CCN(c3ccccc3F)CC2)cc(N2CCCC2CO)n1. The number of aromatic nitrogens is 2. The van der Waals surface area contributed by atoms with Crippen molar-refractivity contribution in [2.75, 3.05) is 54.0 Å². The van der Waals surface area contributed by atoms with Crippen molar-refractivity contribution in [2.45, 2.75) is 45.1 Å². The lowest BCUT2D eigenvalue weighted by Gasteiger charge is -2.37. The van der Waals surface area contributed by atoms with Gasteiger partial charge in [0.25, 0.3) is 0 Å². The summed E-state index contributed by atoms with van der Waals surface area (Å²) in [6.07, 6.45) is 2.05. The second-order valence-electron chi connectivity index (χ2n) is 9.26. The summed E-state index contributed by atoms with van der Waals surface area (Å²) in [5.74, 6) is 2.46. The number of rotatable bonds is 4. The van der Waals surface area contributed by atoms with Crippen LogP contribution in [-0.4, -0.2) is 60.4 Å². The fraction of sp³-hybridized carbons (Fsp3) is 0.565. The number of anilines is 3. The van der Waals surface area contributed by atoms with E-state index in [0.717, 1.165) is 63.0 Å². The van der Waals surface area contributed by atoms with Crippen LogP contribution in [0, 0.1) is 5.82 Å². The highest BCUT2D eigenvalue weighted by Gasteiger charge is 2.29. The minimum absolute atomic E-state index is 0.124. The van der Waals surface area contributed by atoms with E-state index < -0.39 is 0 Å². The van der Waals surface area contributed by atoms with Gasteiger partial charge in [-0.1, -0.05) is 32.9 Å². The van der Waals surface area contributed by atoms with Crippen LogP contribution in [0.4, 0.5) is 21.7 Å². The topological polar surface area (TPSA) is 55.7 Å². The number of aliphatic hydroxyl groups excluding tert-OH is 1. The minimum Gasteiger partial charge on any atom is -0.394 e. The van der Waals surface area contributed by atoms with Crippen LogP contribution in [0.5, 0.6) is 0 Å². The highest BCUT2D eigenvalue weighted by atomic mass is 19.1. The molecule has 1 unspecified atom stereocenters. The number of benzene rings is 1. The van der Waals surface area contributed by atoms with Crippen molar-refractivity contribution in [1.29, 1.82) is 0 Å². The second kappa shape index (κ2) is 8.38. The summed E-state index contributed by atoms with van der Waals surface area (Å²) < 4.78 is 14.2. The van der Waals surface area contributed by atoms with Gasteiger partial charge in [-0.05, 0) is 25.0 Å². The van der Waals surface area contributed by atoms with Crippen molar-refractivity contribution >= 4 is 17.3 Å². The molecule has 2 aromatic rings. The van der Waals surface area contributed by atoms with Gasteiger partial charge < -0.3 is 19.8 Å². The van der Waals surface area contributed by atoms with Gasteiger partial charge in [-0.3, -0.25) is 0 Å². The Labute approximate surface area is 178 Å². The molecule has 1 aromatic heterocycles. The molecule has 3 heterocycles. The first kappa shape index (κ1) is 20.8. The highest BCUT2D eigenvalue weighted by Crippen LogP contribution is 2.31. The van der Waals surface area contributed by atoms with E-state index in [-0.39, 0.29) is 23.9 Å². The molecule has 1 atom stereocenters. The van der Waals surface area contributed by atoms with Gasteiger partial charge in [-0.15, -0.1) is 0 Å². The predicted molar refractivity (Wildman–Crippen MR) is 119 cm³/mol. The Balaban J connectivity index is 1.58. The molecule has 2 fully saturated rings. The molecule has 162 valence electrons. The average molecular weight is 414 g/mol. The maximum Gasteiger partial charge on any atom is 0.146 e. The van der Waals surface area contributed by atoms with Crippen molar-refractivity contribution in [2.24, 2.45) is 0 Å². The van der Waals surface area contributed by atoms with E-state index in [4.69, 9.17) is 9.97 Å². The van der Waals surface area contributed by atoms with Crippen molar-refractivity contribution in [3.05, 3.63) is 42.0 Å². The third-order valence-electron chi connectivity index (χ3n) is 6.05. The number of piperazine rings is 1. The van der Waals surface area contributed by atoms with Crippen molar-refractivity contribution in [1.82, 2.24) is 9.97 Å². The van der Waals surface area contributed by atoms with Gasteiger partial charge in [0.15, 0.2) is 0 Å². The molecule has 30 heavy (non-hydrogen) atoms. The number of hydrogen-bond acceptors (Lipinski definition) is 6. The van der Waals surface area contributed by atoms with E-state index in [1.807, 2.05) is 12.1 Å². The molecule has 7 heteroatoms. The maximum absolute atomic E-state index is 14.2. The molecule has 0 saturated carbocycles. The molecule has 2 aliphatic rings. The lowest BCUT2D eigenvalue weighted by atomic mass is 9.95. The zero-order chi connectivity index (χ0) is 21.3. The Morgan fingerprint density at radius 2 is 1.67 bits per heavy atom. The predicted octanol–water partition coefficient (Wildman–Crippen LogP) is 3.20. The first-order chi connectivity index (χ1) is 14.4. The number of para-hydroxylation sites is 1. The van der Waals surface area contributed by atoms with E-state index >= 15 is 0 Å². The normalized spacial score (nSPS) is 20.2. The van der Waals surface area contributed by atoms with Crippen LogP contribution in [0.25, 0.3) is 0 Å². The summed E-state index contributed by atoms with van der Waals surface area (Å²) in [5.41, 5.74) is 0.493. The fourth-order valence-electron chi connectivity index (χ4n) is 4.28. The van der Waals surface area contributed by atoms with Gasteiger partial charge in [0, 0.05) is 44.2 Å². The molecule has 6 nitrogen and oxygen atoms in total. The van der Waals surface area contributed by atoms with Crippen LogP contribution in [0.2, 0.25) is 0 Å². The van der Waals surface area contributed by atoms with Crippen LogP contribution in [0.1, 0.15) is 39.4 Å². The van der Waals surface area contributed by atoms with E-state index in [2.05, 4.69) is 41.5 Å². The molecule has 4 rings (SSSR count). The molecule has 0 bridgehead atoms. The summed E-state index contributed by atoms with van der Waals surface area (Å²) in [7, 11) is 0. The zero-order valence-corrected chi connectivity index (χ0v) is 18.2. The molecular formula is C23H32FN5O. The number of nitrogens with zero attached hydrogens (tertiary/aromatic N) is 5. The molecular weight excluding hydrogens is 381 g/mol. The summed E-state index contributed by atoms with van der Waals surface area (Å²) in [6.45, 7) is 10.5. The Morgan fingerprint density at radius 1 is 1.00 bits per heavy atom. The van der Waals surface area contributed by atoms with Gasteiger partial charge in [0.1, 0.15) is 23.3 Å². The molecule has 0 amide bonds. The molecule has 1 aromatic carbocycles. The maximum atomic E-state index is 14.2. The standard InChI is InChI=1S/C23H32FN5O/c1-23(2,3)22-25-20(15-21(26-22)29-10-6-7-17(29)16-30)28-13-11-27(12-14-28)19-9-5-4-8-18(19)24/h4-5,8-9,15,17,30H,6-7,10-14,16H2,1-3H3. The van der Waals surface area contributed by atoms with E-state index in [1.165, 1.54) is 6.07 Å². The summed E-state index contributed by atoms with van der Waals surface area (Å²) in [4.78, 5) is 16.4. The van der Waals surface area contributed by atoms with E-state index in [0.29, 0.717) is 5.69 Å². The first-order valence-electron chi connectivity index (χ1n) is 10.9. The van der Waals surface area contributed by atoms with Gasteiger partial charge >= 0.3 is 0 Å². The number of aliphatic hydroxyl groups is 1. The van der Waals surface area contributed by atoms with Gasteiger partial charge in [-0.25, -0.2) is 14.4 Å². The van der Waals surface area contributed by atoms with Crippen LogP contribution in [0.3, 0.4) is 0 Å². The first-order valence-corrected chi connectivity index (χ1v) is 10.9. The smallest absolute Gasteiger partial charge is 0.146 e. The third-order valence-corrected chi connectivity index (χ3v) is 6.05. The molecule has 0 aliphatic carbocycles. The average Bonchev–Trinajstić information content (AvgIpc) is 3.22. The minimum atomic E-state index is -0.172. The lowest BCUT2D eigenvalue weighted by molar-refractivity contribution is 0.266. The highest BCUT2D eigenvalue weighted by molar-refractivity contribution is 5.55. The Morgan fingerprint density at radius 3 is 2.33 bits per heavy atom. The Kier molecular flexibility index (Phi) is 5.82. The van der Waals surface area contributed by atoms with Crippen LogP contribution < -0.4 is 14.7 Å². The molecule has 1 N–H and O–H groups in total. The summed E-state index contributed by atoms with van der Waals surface area (Å²) >= 11 is 0. The molecule has 2 saturated heterocycles. The van der Waals surface area contributed by atoms with Gasteiger partial charge in [0.05, 0.1) is 18.3 Å². The third kappa shape index (κ3) is 4.21. The van der Waals surface area contributed by atoms with Gasteiger partial charge in [0.2, 0.25) is 0 Å². The number of halogens is 1.